The summed E-state index contributed by atoms with van der Waals surface area (Å²) >= 11 is 0. The lowest BCUT2D eigenvalue weighted by molar-refractivity contribution is -0.0690. The first kappa shape index (κ1) is 22.7. The molecule has 7 heteroatoms. The molecule has 0 amide bonds. The van der Waals surface area contributed by atoms with Gasteiger partial charge in [-0.1, -0.05) is 0 Å². The van der Waals surface area contributed by atoms with Crippen LogP contribution in [-0.2, 0) is 17.6 Å². The van der Waals surface area contributed by atoms with Gasteiger partial charge in [0, 0.05) is 44.9 Å². The number of nitrogens with zero attached hydrogens (tertiary/aromatic N) is 4. The number of piperidine rings is 1. The van der Waals surface area contributed by atoms with Crippen molar-refractivity contribution in [3.8, 4) is 0 Å². The molecular formula is C24H41N5O2. The van der Waals surface area contributed by atoms with Crippen LogP contribution in [0, 0.1) is 5.92 Å². The van der Waals surface area contributed by atoms with Crippen LogP contribution >= 0.6 is 0 Å². The van der Waals surface area contributed by atoms with Gasteiger partial charge in [-0.2, -0.15) is 4.98 Å². The van der Waals surface area contributed by atoms with Crippen molar-refractivity contribution >= 4 is 11.8 Å². The molecule has 31 heavy (non-hydrogen) atoms. The number of rotatable bonds is 9. The van der Waals surface area contributed by atoms with Crippen LogP contribution in [0.15, 0.2) is 0 Å². The van der Waals surface area contributed by atoms with E-state index in [1.54, 1.807) is 0 Å². The summed E-state index contributed by atoms with van der Waals surface area (Å²) in [5.74, 6) is 2.75. The van der Waals surface area contributed by atoms with Gasteiger partial charge in [0.05, 0.1) is 17.9 Å². The average molecular weight is 432 g/mol. The fraction of sp³-hybridized carbons (Fsp3) is 0.833. The summed E-state index contributed by atoms with van der Waals surface area (Å²) in [6.07, 6.45) is 9.60. The summed E-state index contributed by atoms with van der Waals surface area (Å²) in [5, 5.41) is 12.5. The van der Waals surface area contributed by atoms with Crippen LogP contribution in [-0.4, -0.2) is 78.1 Å². The van der Waals surface area contributed by atoms with E-state index in [4.69, 9.17) is 19.8 Å². The van der Waals surface area contributed by atoms with Gasteiger partial charge in [-0.15, -0.1) is 0 Å². The SMILES string of the molecule is C[C@@H]1CN(CCC2CCN(c3nc4c(c(NCCCCO)n3)CCC4)CC2)C[C@H](C)O1. The third-order valence-corrected chi connectivity index (χ3v) is 7.04. The number of aryl methyl sites for hydroxylation is 1. The molecule has 1 aromatic rings. The minimum atomic E-state index is 0.257. The molecule has 7 nitrogen and oxygen atoms in total. The van der Waals surface area contributed by atoms with E-state index in [0.717, 1.165) is 76.1 Å². The third kappa shape index (κ3) is 6.08. The van der Waals surface area contributed by atoms with Crippen LogP contribution in [0.4, 0.5) is 11.8 Å². The Labute approximate surface area is 187 Å². The average Bonchev–Trinajstić information content (AvgIpc) is 3.24. The largest absolute Gasteiger partial charge is 0.396 e. The van der Waals surface area contributed by atoms with Gasteiger partial charge < -0.3 is 20.1 Å². The minimum absolute atomic E-state index is 0.257. The highest BCUT2D eigenvalue weighted by Crippen LogP contribution is 2.30. The van der Waals surface area contributed by atoms with Crippen LogP contribution in [0.1, 0.15) is 63.6 Å². The van der Waals surface area contributed by atoms with Gasteiger partial charge in [0.2, 0.25) is 5.95 Å². The molecule has 2 aliphatic heterocycles. The number of ether oxygens (including phenoxy) is 1. The van der Waals surface area contributed by atoms with Crippen LogP contribution in [0.2, 0.25) is 0 Å². The molecule has 0 aromatic carbocycles. The molecule has 3 aliphatic rings. The van der Waals surface area contributed by atoms with Crippen LogP contribution < -0.4 is 10.2 Å². The molecule has 1 aromatic heterocycles. The minimum Gasteiger partial charge on any atom is -0.396 e. The first-order valence-corrected chi connectivity index (χ1v) is 12.5. The van der Waals surface area contributed by atoms with Crippen LogP contribution in [0.3, 0.4) is 0 Å². The molecule has 0 radical (unpaired) electrons. The van der Waals surface area contributed by atoms with Crippen LogP contribution in [0.5, 0.6) is 0 Å². The van der Waals surface area contributed by atoms with Gasteiger partial charge in [-0.3, -0.25) is 4.90 Å². The third-order valence-electron chi connectivity index (χ3n) is 7.04. The van der Waals surface area contributed by atoms with Gasteiger partial charge in [-0.25, -0.2) is 4.98 Å². The fourth-order valence-electron chi connectivity index (χ4n) is 5.40. The second-order valence-electron chi connectivity index (χ2n) is 9.74. The van der Waals surface area contributed by atoms with E-state index in [9.17, 15) is 0 Å². The number of aliphatic hydroxyl groups is 1. The van der Waals surface area contributed by atoms with E-state index in [1.165, 1.54) is 43.5 Å². The zero-order valence-corrected chi connectivity index (χ0v) is 19.5. The second-order valence-corrected chi connectivity index (χ2v) is 9.74. The molecule has 174 valence electrons. The van der Waals surface area contributed by atoms with Gasteiger partial charge in [0.1, 0.15) is 5.82 Å². The van der Waals surface area contributed by atoms with E-state index < -0.39 is 0 Å². The molecule has 0 spiro atoms. The lowest BCUT2D eigenvalue weighted by Gasteiger charge is -2.37. The van der Waals surface area contributed by atoms with Crippen LogP contribution in [0.25, 0.3) is 0 Å². The molecule has 3 heterocycles. The molecule has 0 bridgehead atoms. The number of morpholine rings is 1. The summed E-state index contributed by atoms with van der Waals surface area (Å²) in [5.41, 5.74) is 2.56. The zero-order chi connectivity index (χ0) is 21.6. The van der Waals surface area contributed by atoms with Crippen molar-refractivity contribution in [3.05, 3.63) is 11.3 Å². The highest BCUT2D eigenvalue weighted by molar-refractivity contribution is 5.53. The van der Waals surface area contributed by atoms with Gasteiger partial charge in [0.15, 0.2) is 0 Å². The maximum atomic E-state index is 9.02. The van der Waals surface area contributed by atoms with Gasteiger partial charge >= 0.3 is 0 Å². The number of nitrogens with one attached hydrogen (secondary N) is 1. The lowest BCUT2D eigenvalue weighted by Crippen LogP contribution is -2.46. The highest BCUT2D eigenvalue weighted by Gasteiger charge is 2.27. The number of hydrogen-bond donors (Lipinski definition) is 2. The Bertz CT molecular complexity index is 697. The van der Waals surface area contributed by atoms with Gasteiger partial charge in [0.25, 0.3) is 0 Å². The molecule has 0 unspecified atom stereocenters. The number of anilines is 2. The summed E-state index contributed by atoms with van der Waals surface area (Å²) in [4.78, 5) is 14.9. The topological polar surface area (TPSA) is 73.8 Å². The van der Waals surface area contributed by atoms with E-state index in [1.807, 2.05) is 0 Å². The summed E-state index contributed by atoms with van der Waals surface area (Å²) in [6, 6.07) is 0. The molecule has 0 saturated carbocycles. The Morgan fingerprint density at radius 2 is 1.84 bits per heavy atom. The molecular weight excluding hydrogens is 390 g/mol. The van der Waals surface area contributed by atoms with Crippen molar-refractivity contribution in [3.63, 3.8) is 0 Å². The molecule has 2 saturated heterocycles. The first-order valence-electron chi connectivity index (χ1n) is 12.5. The smallest absolute Gasteiger partial charge is 0.227 e. The predicted octanol–water partition coefficient (Wildman–Crippen LogP) is 2.87. The fourth-order valence-corrected chi connectivity index (χ4v) is 5.40. The Hall–Kier alpha value is -1.44. The number of fused-ring (bicyclic) bond motifs is 1. The number of unbranched alkanes of at least 4 members (excludes halogenated alkanes) is 1. The Kier molecular flexibility index (Phi) is 8.02. The second kappa shape index (κ2) is 10.9. The molecule has 2 fully saturated rings. The van der Waals surface area contributed by atoms with Crippen molar-refractivity contribution < 1.29 is 9.84 Å². The van der Waals surface area contributed by atoms with Gasteiger partial charge in [-0.05, 0) is 77.7 Å². The summed E-state index contributed by atoms with van der Waals surface area (Å²) in [6.45, 7) is 11.0. The van der Waals surface area contributed by atoms with Crippen molar-refractivity contribution in [2.24, 2.45) is 5.92 Å². The Morgan fingerprint density at radius 1 is 1.06 bits per heavy atom. The Morgan fingerprint density at radius 3 is 2.58 bits per heavy atom. The van der Waals surface area contributed by atoms with E-state index in [0.29, 0.717) is 12.2 Å². The maximum Gasteiger partial charge on any atom is 0.227 e. The molecule has 2 N–H and O–H groups in total. The standard InChI is InChI=1S/C24H41N5O2/c1-18-16-28(17-19(2)31-18)12-8-20-9-13-29(14-10-20)24-26-22-7-5-6-21(22)23(27-24)25-11-3-4-15-30/h18-20,30H,3-17H2,1-2H3,(H,25,26,27)/t18-,19+. The number of hydrogen-bond acceptors (Lipinski definition) is 7. The normalized spacial score (nSPS) is 25.1. The van der Waals surface area contributed by atoms with Crippen molar-refractivity contribution in [2.45, 2.75) is 77.4 Å². The molecule has 1 aliphatic carbocycles. The summed E-state index contributed by atoms with van der Waals surface area (Å²) in [7, 11) is 0. The number of aromatic nitrogens is 2. The lowest BCUT2D eigenvalue weighted by atomic mass is 9.93. The number of aliphatic hydroxyl groups excluding tert-OH is 1. The highest BCUT2D eigenvalue weighted by atomic mass is 16.5. The monoisotopic (exact) mass is 431 g/mol. The van der Waals surface area contributed by atoms with Crippen molar-refractivity contribution in [2.75, 3.05) is 56.1 Å². The predicted molar refractivity (Wildman–Crippen MR) is 125 cm³/mol. The molecule has 2 atom stereocenters. The summed E-state index contributed by atoms with van der Waals surface area (Å²) < 4.78 is 5.87. The van der Waals surface area contributed by atoms with Crippen molar-refractivity contribution in [1.82, 2.24) is 14.9 Å². The zero-order valence-electron chi connectivity index (χ0n) is 19.5. The Balaban J connectivity index is 1.29. The first-order chi connectivity index (χ1) is 15.1. The molecule has 4 rings (SSSR count). The van der Waals surface area contributed by atoms with E-state index in [-0.39, 0.29) is 6.61 Å². The van der Waals surface area contributed by atoms with E-state index >= 15 is 0 Å². The quantitative estimate of drug-likeness (QED) is 0.583. The van der Waals surface area contributed by atoms with E-state index in [2.05, 4.69) is 29.0 Å². The maximum absolute atomic E-state index is 9.02. The van der Waals surface area contributed by atoms with Crippen molar-refractivity contribution in [1.29, 1.82) is 0 Å².